The highest BCUT2D eigenvalue weighted by molar-refractivity contribution is 5.94. The fourth-order valence-corrected chi connectivity index (χ4v) is 2.09. The van der Waals surface area contributed by atoms with Crippen LogP contribution >= 0.6 is 0 Å². The second kappa shape index (κ2) is 7.02. The fourth-order valence-electron chi connectivity index (χ4n) is 2.09. The molecule has 0 spiro atoms. The Kier molecular flexibility index (Phi) is 5.09. The van der Waals surface area contributed by atoms with Gasteiger partial charge in [0.1, 0.15) is 6.61 Å². The average molecular weight is 277 g/mol. The van der Waals surface area contributed by atoms with Gasteiger partial charge in [-0.15, -0.1) is 0 Å². The van der Waals surface area contributed by atoms with Gasteiger partial charge in [0.2, 0.25) is 11.8 Å². The summed E-state index contributed by atoms with van der Waals surface area (Å²) >= 11 is 0. The van der Waals surface area contributed by atoms with E-state index in [1.54, 1.807) is 24.3 Å². The third kappa shape index (κ3) is 4.04. The minimum absolute atomic E-state index is 0.0210. The first-order valence-electron chi connectivity index (χ1n) is 6.59. The molecule has 1 saturated heterocycles. The van der Waals surface area contributed by atoms with Crippen LogP contribution in [-0.4, -0.2) is 38.6 Å². The number of rotatable bonds is 5. The van der Waals surface area contributed by atoms with Gasteiger partial charge in [0.05, 0.1) is 5.92 Å². The van der Waals surface area contributed by atoms with Crippen molar-refractivity contribution < 1.29 is 14.3 Å². The molecule has 108 valence electrons. The van der Waals surface area contributed by atoms with Crippen LogP contribution in [0.5, 0.6) is 0 Å². The highest BCUT2D eigenvalue weighted by atomic mass is 16.5. The molecule has 1 unspecified atom stereocenters. The van der Waals surface area contributed by atoms with Gasteiger partial charge in [0.15, 0.2) is 0 Å². The zero-order chi connectivity index (χ0) is 14.4. The van der Waals surface area contributed by atoms with Crippen molar-refractivity contribution in [2.75, 3.05) is 37.4 Å². The molecular formula is C14H19N3O3. The molecule has 1 heterocycles. The van der Waals surface area contributed by atoms with Gasteiger partial charge in [-0.05, 0) is 37.2 Å². The Bertz CT molecular complexity index is 467. The molecule has 0 bridgehead atoms. The summed E-state index contributed by atoms with van der Waals surface area (Å²) in [6.07, 6.45) is 0.872. The molecule has 0 radical (unpaired) electrons. The summed E-state index contributed by atoms with van der Waals surface area (Å²) in [6, 6.07) is 7.03. The standard InChI is InChI=1S/C14H19N3O3/c1-20-9-13(18)16-11-2-4-12(5-3-11)17-14(19)10-6-7-15-8-10/h2-5,10,15H,6-9H2,1H3,(H,16,18)(H,17,19). The summed E-state index contributed by atoms with van der Waals surface area (Å²) in [7, 11) is 1.47. The van der Waals surface area contributed by atoms with Crippen LogP contribution < -0.4 is 16.0 Å². The second-order valence-electron chi connectivity index (χ2n) is 4.74. The van der Waals surface area contributed by atoms with E-state index in [2.05, 4.69) is 16.0 Å². The van der Waals surface area contributed by atoms with E-state index in [1.807, 2.05) is 0 Å². The molecule has 1 atom stereocenters. The van der Waals surface area contributed by atoms with Crippen LogP contribution in [-0.2, 0) is 14.3 Å². The summed E-state index contributed by atoms with van der Waals surface area (Å²) in [5, 5.41) is 8.73. The first-order valence-corrected chi connectivity index (χ1v) is 6.59. The lowest BCUT2D eigenvalue weighted by Gasteiger charge is -2.10. The van der Waals surface area contributed by atoms with Gasteiger partial charge in [-0.2, -0.15) is 0 Å². The highest BCUT2D eigenvalue weighted by Gasteiger charge is 2.22. The molecule has 0 aromatic heterocycles. The number of methoxy groups -OCH3 is 1. The second-order valence-corrected chi connectivity index (χ2v) is 4.74. The van der Waals surface area contributed by atoms with Crippen molar-refractivity contribution >= 4 is 23.2 Å². The predicted octanol–water partition coefficient (Wildman–Crippen LogP) is 0.819. The van der Waals surface area contributed by atoms with E-state index >= 15 is 0 Å². The molecular weight excluding hydrogens is 258 g/mol. The van der Waals surface area contributed by atoms with Gasteiger partial charge < -0.3 is 20.7 Å². The molecule has 1 aromatic carbocycles. The van der Waals surface area contributed by atoms with Crippen molar-refractivity contribution in [3.63, 3.8) is 0 Å². The van der Waals surface area contributed by atoms with E-state index in [4.69, 9.17) is 4.74 Å². The third-order valence-corrected chi connectivity index (χ3v) is 3.14. The first kappa shape index (κ1) is 14.5. The number of carbonyl (C=O) groups excluding carboxylic acids is 2. The summed E-state index contributed by atoms with van der Waals surface area (Å²) < 4.78 is 4.73. The minimum atomic E-state index is -0.207. The van der Waals surface area contributed by atoms with Crippen molar-refractivity contribution in [2.24, 2.45) is 5.92 Å². The third-order valence-electron chi connectivity index (χ3n) is 3.14. The predicted molar refractivity (Wildman–Crippen MR) is 76.6 cm³/mol. The van der Waals surface area contributed by atoms with Crippen LogP contribution in [0.2, 0.25) is 0 Å². The van der Waals surface area contributed by atoms with Crippen LogP contribution in [0.15, 0.2) is 24.3 Å². The normalized spacial score (nSPS) is 17.8. The van der Waals surface area contributed by atoms with Crippen LogP contribution in [0.3, 0.4) is 0 Å². The Morgan fingerprint density at radius 3 is 2.45 bits per heavy atom. The zero-order valence-electron chi connectivity index (χ0n) is 11.4. The lowest BCUT2D eigenvalue weighted by atomic mass is 10.1. The van der Waals surface area contributed by atoms with Gasteiger partial charge >= 0.3 is 0 Å². The molecule has 20 heavy (non-hydrogen) atoms. The van der Waals surface area contributed by atoms with Crippen LogP contribution in [0, 0.1) is 5.92 Å². The minimum Gasteiger partial charge on any atom is -0.375 e. The van der Waals surface area contributed by atoms with Crippen molar-refractivity contribution in [3.05, 3.63) is 24.3 Å². The fraction of sp³-hybridized carbons (Fsp3) is 0.429. The lowest BCUT2D eigenvalue weighted by Crippen LogP contribution is -2.24. The lowest BCUT2D eigenvalue weighted by molar-refractivity contribution is -0.120. The molecule has 0 aliphatic carbocycles. The largest absolute Gasteiger partial charge is 0.375 e. The molecule has 1 aromatic rings. The number of anilines is 2. The molecule has 3 N–H and O–H groups in total. The first-order chi connectivity index (χ1) is 9.69. The molecule has 2 rings (SSSR count). The van der Waals surface area contributed by atoms with Crippen molar-refractivity contribution in [1.82, 2.24) is 5.32 Å². The number of hydrogen-bond acceptors (Lipinski definition) is 4. The van der Waals surface area contributed by atoms with E-state index in [0.717, 1.165) is 25.2 Å². The number of nitrogens with one attached hydrogen (secondary N) is 3. The summed E-state index contributed by atoms with van der Waals surface area (Å²) in [6.45, 7) is 1.65. The van der Waals surface area contributed by atoms with Gasteiger partial charge in [-0.25, -0.2) is 0 Å². The SMILES string of the molecule is COCC(=O)Nc1ccc(NC(=O)C2CCNC2)cc1. The Balaban J connectivity index is 1.87. The highest BCUT2D eigenvalue weighted by Crippen LogP contribution is 2.16. The molecule has 1 aliphatic rings. The van der Waals surface area contributed by atoms with Crippen molar-refractivity contribution in [1.29, 1.82) is 0 Å². The van der Waals surface area contributed by atoms with Gasteiger partial charge in [0.25, 0.3) is 0 Å². The number of benzene rings is 1. The van der Waals surface area contributed by atoms with E-state index in [-0.39, 0.29) is 24.3 Å². The number of amides is 2. The number of hydrogen-bond donors (Lipinski definition) is 3. The Hall–Kier alpha value is -1.92. The average Bonchev–Trinajstić information content (AvgIpc) is 2.95. The topological polar surface area (TPSA) is 79.5 Å². The maximum absolute atomic E-state index is 11.9. The number of ether oxygens (including phenoxy) is 1. The van der Waals surface area contributed by atoms with Crippen LogP contribution in [0.4, 0.5) is 11.4 Å². The molecule has 1 aliphatic heterocycles. The summed E-state index contributed by atoms with van der Waals surface area (Å²) in [5.41, 5.74) is 1.40. The van der Waals surface area contributed by atoms with Gasteiger partial charge in [-0.1, -0.05) is 0 Å². The smallest absolute Gasteiger partial charge is 0.250 e. The maximum Gasteiger partial charge on any atom is 0.250 e. The molecule has 6 nitrogen and oxygen atoms in total. The van der Waals surface area contributed by atoms with E-state index in [1.165, 1.54) is 7.11 Å². The maximum atomic E-state index is 11.9. The monoisotopic (exact) mass is 277 g/mol. The molecule has 2 amide bonds. The summed E-state index contributed by atoms with van der Waals surface area (Å²) in [4.78, 5) is 23.3. The molecule has 6 heteroatoms. The van der Waals surface area contributed by atoms with Crippen LogP contribution in [0.1, 0.15) is 6.42 Å². The van der Waals surface area contributed by atoms with E-state index < -0.39 is 0 Å². The van der Waals surface area contributed by atoms with E-state index in [9.17, 15) is 9.59 Å². The van der Waals surface area contributed by atoms with Crippen LogP contribution in [0.25, 0.3) is 0 Å². The van der Waals surface area contributed by atoms with Crippen molar-refractivity contribution in [3.8, 4) is 0 Å². The molecule has 0 saturated carbocycles. The van der Waals surface area contributed by atoms with Gasteiger partial charge in [0, 0.05) is 25.0 Å². The quantitative estimate of drug-likeness (QED) is 0.744. The van der Waals surface area contributed by atoms with Gasteiger partial charge in [-0.3, -0.25) is 9.59 Å². The van der Waals surface area contributed by atoms with Crippen molar-refractivity contribution in [2.45, 2.75) is 6.42 Å². The Morgan fingerprint density at radius 2 is 1.90 bits per heavy atom. The molecule has 1 fully saturated rings. The Morgan fingerprint density at radius 1 is 1.25 bits per heavy atom. The Labute approximate surface area is 117 Å². The van der Waals surface area contributed by atoms with E-state index in [0.29, 0.717) is 5.69 Å². The number of carbonyl (C=O) groups is 2. The zero-order valence-corrected chi connectivity index (χ0v) is 11.4. The summed E-state index contributed by atoms with van der Waals surface area (Å²) in [5.74, 6) is -0.136.